The first-order valence-corrected chi connectivity index (χ1v) is 15.1. The van der Waals surface area contributed by atoms with Crippen molar-refractivity contribution in [1.29, 1.82) is 5.26 Å². The Labute approximate surface area is 244 Å². The van der Waals surface area contributed by atoms with Crippen LogP contribution in [0.5, 0.6) is 0 Å². The van der Waals surface area contributed by atoms with E-state index < -0.39 is 0 Å². The molecule has 10 nitrogen and oxygen atoms in total. The van der Waals surface area contributed by atoms with Crippen molar-refractivity contribution in [3.63, 3.8) is 0 Å². The minimum absolute atomic E-state index is 0.129. The van der Waals surface area contributed by atoms with Crippen molar-refractivity contribution >= 4 is 62.7 Å². The predicted molar refractivity (Wildman–Crippen MR) is 160 cm³/mol. The summed E-state index contributed by atoms with van der Waals surface area (Å²) >= 11 is 4.53. The number of aryl methyl sites for hydroxylation is 2. The van der Waals surface area contributed by atoms with Crippen LogP contribution in [-0.2, 0) is 35.3 Å². The molecule has 0 aliphatic rings. The van der Waals surface area contributed by atoms with Crippen molar-refractivity contribution in [3.05, 3.63) is 80.8 Å². The lowest BCUT2D eigenvalue weighted by molar-refractivity contribution is -0.116. The summed E-state index contributed by atoms with van der Waals surface area (Å²) < 4.78 is 0. The number of hydrogen-bond donors (Lipinski definition) is 2. The molecule has 0 saturated heterocycles. The van der Waals surface area contributed by atoms with E-state index in [0.29, 0.717) is 15.8 Å². The third kappa shape index (κ3) is 9.33. The van der Waals surface area contributed by atoms with Gasteiger partial charge < -0.3 is 10.6 Å². The smallest absolute Gasteiger partial charge is 0.230 e. The lowest BCUT2D eigenvalue weighted by atomic mass is 10.1. The van der Waals surface area contributed by atoms with Gasteiger partial charge in [-0.3, -0.25) is 14.6 Å². The summed E-state index contributed by atoms with van der Waals surface area (Å²) in [5, 5.41) is 33.7. The fourth-order valence-corrected chi connectivity index (χ4v) is 6.15. The van der Waals surface area contributed by atoms with Crippen LogP contribution >= 0.6 is 34.4 Å². The molecular weight excluding hydrogens is 565 g/mol. The summed E-state index contributed by atoms with van der Waals surface area (Å²) in [6.07, 6.45) is 3.74. The van der Waals surface area contributed by atoms with Crippen LogP contribution in [0.1, 0.15) is 32.3 Å². The summed E-state index contributed by atoms with van der Waals surface area (Å²) in [7, 11) is 1.72. The van der Waals surface area contributed by atoms with Gasteiger partial charge in [-0.05, 0) is 40.3 Å². The molecule has 2 amide bonds. The van der Waals surface area contributed by atoms with Gasteiger partial charge in [0, 0.05) is 26.1 Å². The quantitative estimate of drug-likeness (QED) is 0.174. The lowest BCUT2D eigenvalue weighted by Crippen LogP contribution is -2.14. The average Bonchev–Trinajstić information content (AvgIpc) is 3.59. The van der Waals surface area contributed by atoms with Crippen LogP contribution in [0.25, 0.3) is 0 Å². The number of rotatable bonds is 13. The molecule has 4 aromatic rings. The van der Waals surface area contributed by atoms with E-state index in [4.69, 9.17) is 5.26 Å². The maximum Gasteiger partial charge on any atom is 0.230 e. The van der Waals surface area contributed by atoms with Crippen LogP contribution in [0.4, 0.5) is 10.3 Å². The van der Waals surface area contributed by atoms with Gasteiger partial charge in [-0.15, -0.1) is 20.4 Å². The number of carbonyl (C=O) groups excluding carboxylic acids is 2. The molecule has 0 aliphatic carbocycles. The van der Waals surface area contributed by atoms with Crippen molar-refractivity contribution < 1.29 is 9.59 Å². The van der Waals surface area contributed by atoms with Crippen LogP contribution in [-0.4, -0.2) is 57.0 Å². The maximum absolute atomic E-state index is 12.4. The Hall–Kier alpha value is -3.99. The Balaban J connectivity index is 1.11. The Bertz CT molecular complexity index is 1490. The molecule has 0 atom stereocenters. The predicted octanol–water partition coefficient (Wildman–Crippen LogP) is 4.19. The van der Waals surface area contributed by atoms with E-state index in [1.54, 1.807) is 49.3 Å². The van der Waals surface area contributed by atoms with Gasteiger partial charge in [0.05, 0.1) is 24.5 Å². The number of aliphatic imine (C=N–C) groups is 1. The Morgan fingerprint density at radius 1 is 0.850 bits per heavy atom. The topological polar surface area (TPSA) is 146 Å². The second-order valence-corrected chi connectivity index (χ2v) is 11.9. The van der Waals surface area contributed by atoms with E-state index in [0.717, 1.165) is 51.1 Å². The largest absolute Gasteiger partial charge is 0.300 e. The molecule has 0 unspecified atom stereocenters. The number of nitriles is 1. The highest BCUT2D eigenvalue weighted by atomic mass is 32.2. The van der Waals surface area contributed by atoms with Crippen molar-refractivity contribution in [2.24, 2.45) is 4.99 Å². The van der Waals surface area contributed by atoms with Crippen molar-refractivity contribution in [3.8, 4) is 6.07 Å². The minimum atomic E-state index is -0.175. The molecule has 0 aliphatic heterocycles. The highest BCUT2D eigenvalue weighted by Crippen LogP contribution is 2.20. The van der Waals surface area contributed by atoms with Gasteiger partial charge in [-0.2, -0.15) is 17.0 Å². The number of anilines is 2. The molecule has 40 heavy (non-hydrogen) atoms. The van der Waals surface area contributed by atoms with Crippen molar-refractivity contribution in [1.82, 2.24) is 20.4 Å². The van der Waals surface area contributed by atoms with Crippen molar-refractivity contribution in [2.45, 2.75) is 25.7 Å². The molecular formula is C27H26N8O2S3. The number of amides is 2. The van der Waals surface area contributed by atoms with Gasteiger partial charge >= 0.3 is 0 Å². The summed E-state index contributed by atoms with van der Waals surface area (Å²) in [5.41, 5.74) is 3.29. The Morgan fingerprint density at radius 2 is 1.35 bits per heavy atom. The summed E-state index contributed by atoms with van der Waals surface area (Å²) in [4.78, 5) is 28.6. The third-order valence-corrected chi connectivity index (χ3v) is 8.20. The summed E-state index contributed by atoms with van der Waals surface area (Å²) in [6, 6.07) is 16.7. The molecule has 13 heteroatoms. The number of hydrogen-bond acceptors (Lipinski definition) is 11. The van der Waals surface area contributed by atoms with E-state index >= 15 is 0 Å². The molecule has 0 radical (unpaired) electrons. The van der Waals surface area contributed by atoms with Crippen LogP contribution < -0.4 is 10.6 Å². The fraction of sp³-hybridized carbons (Fsp3) is 0.259. The first kappa shape index (κ1) is 29.0. The number of carbonyl (C=O) groups is 2. The zero-order chi connectivity index (χ0) is 28.2. The maximum atomic E-state index is 12.4. The molecule has 2 aromatic carbocycles. The Morgan fingerprint density at radius 3 is 1.82 bits per heavy atom. The molecule has 0 spiro atoms. The van der Waals surface area contributed by atoms with E-state index in [1.165, 1.54) is 22.7 Å². The molecule has 204 valence electrons. The van der Waals surface area contributed by atoms with Gasteiger partial charge in [0.1, 0.15) is 10.0 Å². The lowest BCUT2D eigenvalue weighted by Gasteiger charge is -2.02. The normalized spacial score (nSPS) is 10.9. The number of nitrogens with zero attached hydrogens (tertiary/aromatic N) is 6. The second-order valence-electron chi connectivity index (χ2n) is 8.50. The van der Waals surface area contributed by atoms with E-state index in [2.05, 4.69) is 42.1 Å². The molecule has 4 rings (SSSR count). The van der Waals surface area contributed by atoms with Crippen LogP contribution in [0.3, 0.4) is 0 Å². The van der Waals surface area contributed by atoms with Crippen molar-refractivity contribution in [2.75, 3.05) is 29.2 Å². The van der Waals surface area contributed by atoms with Crippen LogP contribution in [0, 0.1) is 11.3 Å². The zero-order valence-electron chi connectivity index (χ0n) is 21.7. The SMILES string of the molecule is C/N=C/c1ccc(CC(=O)Nc2nnc(CCSCCc3nnc(NC(=O)Cc4ccc(C#N)cc4)s3)s2)cc1. The third-order valence-electron chi connectivity index (χ3n) is 5.42. The molecule has 2 heterocycles. The van der Waals surface area contributed by atoms with E-state index in [1.807, 2.05) is 24.3 Å². The summed E-state index contributed by atoms with van der Waals surface area (Å²) in [6.45, 7) is 0. The molecule has 2 N–H and O–H groups in total. The average molecular weight is 591 g/mol. The highest BCUT2D eigenvalue weighted by Gasteiger charge is 2.11. The second kappa shape index (κ2) is 15.0. The first-order chi connectivity index (χ1) is 19.5. The highest BCUT2D eigenvalue weighted by molar-refractivity contribution is 7.99. The van der Waals surface area contributed by atoms with Crippen LogP contribution in [0.15, 0.2) is 53.5 Å². The first-order valence-electron chi connectivity index (χ1n) is 12.3. The standard InChI is InChI=1S/C27H26N8O2S3/c1-29-17-21-8-4-19(5-9-21)15-23(37)31-27-35-33-25(40-27)11-13-38-12-10-24-32-34-26(39-24)30-22(36)14-18-2-6-20(16-28)7-3-18/h2-9,17H,10-15H2,1H3,(H,30,34,36)(H,31,35,37)/b29-17+. The molecule has 0 bridgehead atoms. The molecule has 0 fully saturated rings. The summed E-state index contributed by atoms with van der Waals surface area (Å²) in [5.74, 6) is 1.42. The fourth-order valence-electron chi connectivity index (χ4n) is 3.50. The van der Waals surface area contributed by atoms with Gasteiger partial charge in [0.25, 0.3) is 0 Å². The number of aromatic nitrogens is 4. The Kier molecular flexibility index (Phi) is 10.9. The zero-order valence-corrected chi connectivity index (χ0v) is 24.1. The van der Waals surface area contributed by atoms with E-state index in [9.17, 15) is 9.59 Å². The number of benzene rings is 2. The van der Waals surface area contributed by atoms with Gasteiger partial charge in [-0.1, -0.05) is 59.1 Å². The van der Waals surface area contributed by atoms with Gasteiger partial charge in [0.2, 0.25) is 22.1 Å². The van der Waals surface area contributed by atoms with Gasteiger partial charge in [-0.25, -0.2) is 0 Å². The van der Waals surface area contributed by atoms with E-state index in [-0.39, 0.29) is 24.7 Å². The van der Waals surface area contributed by atoms with Crippen LogP contribution in [0.2, 0.25) is 0 Å². The number of nitrogens with one attached hydrogen (secondary N) is 2. The number of thioether (sulfide) groups is 1. The monoisotopic (exact) mass is 590 g/mol. The molecule has 2 aromatic heterocycles. The molecule has 0 saturated carbocycles. The minimum Gasteiger partial charge on any atom is -0.300 e. The van der Waals surface area contributed by atoms with Gasteiger partial charge in [0.15, 0.2) is 0 Å².